The lowest BCUT2D eigenvalue weighted by Crippen LogP contribution is -2.61. The lowest BCUT2D eigenvalue weighted by atomic mass is 10.1. The molecule has 0 rings (SSSR count). The van der Waals surface area contributed by atoms with Crippen LogP contribution in [0.4, 0.5) is 35.1 Å². The number of ether oxygens (including phenoxy) is 2. The summed E-state index contributed by atoms with van der Waals surface area (Å²) < 4.78 is 110. The molecule has 25 heavy (non-hydrogen) atoms. The Balaban J connectivity index is 5.14. The van der Waals surface area contributed by atoms with Gasteiger partial charge in [0.1, 0.15) is 12.7 Å². The van der Waals surface area contributed by atoms with Gasteiger partial charge in [0.15, 0.2) is 0 Å². The van der Waals surface area contributed by atoms with Crippen molar-refractivity contribution in [2.24, 2.45) is 0 Å². The summed E-state index contributed by atoms with van der Waals surface area (Å²) in [4.78, 5) is 22.2. The molecule has 0 fully saturated rings. The molecule has 0 aromatic heterocycles. The first-order chi connectivity index (χ1) is 11.1. The summed E-state index contributed by atoms with van der Waals surface area (Å²) in [6.45, 7) is 4.58. The van der Waals surface area contributed by atoms with Crippen molar-refractivity contribution in [3.05, 3.63) is 12.2 Å². The normalized spacial score (nSPS) is 14.2. The van der Waals surface area contributed by atoms with E-state index >= 15 is 0 Å². The van der Waals surface area contributed by atoms with Gasteiger partial charge in [0.05, 0.1) is 0 Å². The summed E-state index contributed by atoms with van der Waals surface area (Å²) in [6.07, 6.45) is -6.64. The van der Waals surface area contributed by atoms with Crippen molar-refractivity contribution < 1.29 is 54.2 Å². The summed E-state index contributed by atoms with van der Waals surface area (Å²) in [5.41, 5.74) is -0.113. The zero-order valence-corrected chi connectivity index (χ0v) is 12.9. The van der Waals surface area contributed by atoms with Crippen LogP contribution in [-0.2, 0) is 19.1 Å². The number of hydrogen-bond acceptors (Lipinski definition) is 4. The van der Waals surface area contributed by atoms with Crippen molar-refractivity contribution in [1.29, 1.82) is 0 Å². The van der Waals surface area contributed by atoms with E-state index in [0.29, 0.717) is 0 Å². The van der Waals surface area contributed by atoms with Crippen LogP contribution in [0.1, 0.15) is 20.3 Å². The molecule has 0 aliphatic heterocycles. The van der Waals surface area contributed by atoms with Gasteiger partial charge in [-0.3, -0.25) is 0 Å². The summed E-state index contributed by atoms with van der Waals surface area (Å²) in [7, 11) is 0. The molecular weight excluding hydrogens is 372 g/mol. The molecule has 0 aromatic rings. The van der Waals surface area contributed by atoms with E-state index in [0.717, 1.165) is 0 Å². The molecule has 12 heteroatoms. The van der Waals surface area contributed by atoms with Gasteiger partial charge in [0.25, 0.3) is 0 Å². The molecule has 0 spiro atoms. The number of esters is 2. The minimum Gasteiger partial charge on any atom is -0.457 e. The number of carbonyl (C=O) groups is 2. The van der Waals surface area contributed by atoms with Crippen LogP contribution < -0.4 is 0 Å². The van der Waals surface area contributed by atoms with E-state index in [1.807, 2.05) is 0 Å². The van der Waals surface area contributed by atoms with Crippen molar-refractivity contribution in [2.45, 2.75) is 50.6 Å². The van der Waals surface area contributed by atoms with Gasteiger partial charge >= 0.3 is 36.1 Å². The first kappa shape index (κ1) is 23.1. The highest BCUT2D eigenvalue weighted by Crippen LogP contribution is 2.48. The van der Waals surface area contributed by atoms with E-state index in [4.69, 9.17) is 0 Å². The van der Waals surface area contributed by atoms with Gasteiger partial charge in [-0.2, -0.15) is 26.3 Å². The Bertz CT molecular complexity index is 518. The second-order valence-electron chi connectivity index (χ2n) is 4.89. The highest BCUT2D eigenvalue weighted by molar-refractivity contribution is 5.87. The lowest BCUT2D eigenvalue weighted by molar-refractivity contribution is -0.332. The molecular formula is C13H14F8O4. The summed E-state index contributed by atoms with van der Waals surface area (Å²) in [5, 5.41) is 0. The minimum absolute atomic E-state index is 0.113. The standard InChI is InChI=1S/C13H14F8O4/c1-4-7(25-8(22)6(2)3)5-24-10(23)12(18,19)13(20,21)11(16,17)9(14)15/h7,9H,2,4-5H2,1,3H3. The van der Waals surface area contributed by atoms with Crippen LogP contribution in [0.15, 0.2) is 12.2 Å². The summed E-state index contributed by atoms with van der Waals surface area (Å²) >= 11 is 0. The Morgan fingerprint density at radius 3 is 1.92 bits per heavy atom. The van der Waals surface area contributed by atoms with E-state index < -0.39 is 48.8 Å². The highest BCUT2D eigenvalue weighted by Gasteiger charge is 2.79. The second kappa shape index (κ2) is 8.00. The molecule has 4 nitrogen and oxygen atoms in total. The summed E-state index contributed by atoms with van der Waals surface area (Å²) in [5.74, 6) is -23.6. The van der Waals surface area contributed by atoms with Crippen molar-refractivity contribution >= 4 is 11.9 Å². The Morgan fingerprint density at radius 2 is 1.56 bits per heavy atom. The minimum atomic E-state index is -6.71. The predicted molar refractivity (Wildman–Crippen MR) is 66.8 cm³/mol. The van der Waals surface area contributed by atoms with Gasteiger partial charge in [-0.1, -0.05) is 13.5 Å². The monoisotopic (exact) mass is 386 g/mol. The Hall–Kier alpha value is -1.88. The fourth-order valence-corrected chi connectivity index (χ4v) is 1.22. The van der Waals surface area contributed by atoms with Gasteiger partial charge in [0.2, 0.25) is 0 Å². The van der Waals surface area contributed by atoms with E-state index in [1.54, 1.807) is 0 Å². The number of halogens is 8. The third kappa shape index (κ3) is 4.82. The number of rotatable bonds is 9. The van der Waals surface area contributed by atoms with E-state index in [2.05, 4.69) is 16.1 Å². The first-order valence-corrected chi connectivity index (χ1v) is 6.58. The largest absolute Gasteiger partial charge is 0.457 e. The maximum Gasteiger partial charge on any atom is 0.410 e. The average Bonchev–Trinajstić information content (AvgIpc) is 2.49. The zero-order chi connectivity index (χ0) is 20.2. The third-order valence-corrected chi connectivity index (χ3v) is 2.82. The Kier molecular flexibility index (Phi) is 7.40. The SMILES string of the molecule is C=C(C)C(=O)OC(CC)COC(=O)C(F)(F)C(F)(F)C(F)(F)C(F)F. The molecule has 0 heterocycles. The topological polar surface area (TPSA) is 52.6 Å². The van der Waals surface area contributed by atoms with Gasteiger partial charge in [-0.05, 0) is 13.3 Å². The summed E-state index contributed by atoms with van der Waals surface area (Å²) in [6, 6.07) is 0. The average molecular weight is 386 g/mol. The van der Waals surface area contributed by atoms with Crippen LogP contribution in [-0.4, -0.2) is 48.8 Å². The molecule has 0 radical (unpaired) electrons. The molecule has 0 amide bonds. The predicted octanol–water partition coefficient (Wildman–Crippen LogP) is 3.60. The fourth-order valence-electron chi connectivity index (χ4n) is 1.22. The van der Waals surface area contributed by atoms with Gasteiger partial charge in [0, 0.05) is 5.57 Å². The maximum atomic E-state index is 13.2. The molecule has 0 aliphatic carbocycles. The van der Waals surface area contributed by atoms with Crippen molar-refractivity contribution in [1.82, 2.24) is 0 Å². The molecule has 0 N–H and O–H groups in total. The molecule has 146 valence electrons. The van der Waals surface area contributed by atoms with E-state index in [9.17, 15) is 44.7 Å². The fraction of sp³-hybridized carbons (Fsp3) is 0.692. The molecule has 1 atom stereocenters. The highest BCUT2D eigenvalue weighted by atomic mass is 19.4. The van der Waals surface area contributed by atoms with Gasteiger partial charge in [-0.15, -0.1) is 0 Å². The lowest BCUT2D eigenvalue weighted by Gasteiger charge is -2.30. The number of alkyl halides is 8. The second-order valence-corrected chi connectivity index (χ2v) is 4.89. The van der Waals surface area contributed by atoms with Crippen LogP contribution in [0.2, 0.25) is 0 Å². The molecule has 0 saturated carbocycles. The number of hydrogen-bond donors (Lipinski definition) is 0. The molecule has 0 aliphatic rings. The van der Waals surface area contributed by atoms with Crippen molar-refractivity contribution in [3.63, 3.8) is 0 Å². The molecule has 1 unspecified atom stereocenters. The van der Waals surface area contributed by atoms with Crippen molar-refractivity contribution in [3.8, 4) is 0 Å². The van der Waals surface area contributed by atoms with Crippen LogP contribution in [0.25, 0.3) is 0 Å². The third-order valence-electron chi connectivity index (χ3n) is 2.82. The number of carbonyl (C=O) groups excluding carboxylic acids is 2. The van der Waals surface area contributed by atoms with Crippen molar-refractivity contribution in [2.75, 3.05) is 6.61 Å². The quantitative estimate of drug-likeness (QED) is 0.345. The van der Waals surface area contributed by atoms with E-state index in [1.165, 1.54) is 13.8 Å². The Labute approximate surface area is 136 Å². The maximum absolute atomic E-state index is 13.2. The smallest absolute Gasteiger partial charge is 0.410 e. The molecule has 0 aromatic carbocycles. The first-order valence-electron chi connectivity index (χ1n) is 6.58. The van der Waals surface area contributed by atoms with Crippen LogP contribution in [0.5, 0.6) is 0 Å². The Morgan fingerprint density at radius 1 is 1.08 bits per heavy atom. The van der Waals surface area contributed by atoms with Crippen LogP contribution in [0, 0.1) is 0 Å². The van der Waals surface area contributed by atoms with Gasteiger partial charge in [-0.25, -0.2) is 18.4 Å². The zero-order valence-electron chi connectivity index (χ0n) is 12.9. The van der Waals surface area contributed by atoms with Crippen LogP contribution in [0.3, 0.4) is 0 Å². The molecule has 0 bridgehead atoms. The van der Waals surface area contributed by atoms with Crippen LogP contribution >= 0.6 is 0 Å². The van der Waals surface area contributed by atoms with E-state index in [-0.39, 0.29) is 12.0 Å². The molecule has 0 saturated heterocycles. The van der Waals surface area contributed by atoms with Gasteiger partial charge < -0.3 is 9.47 Å².